The Bertz CT molecular complexity index is 591. The van der Waals surface area contributed by atoms with Gasteiger partial charge in [0.25, 0.3) is 0 Å². The van der Waals surface area contributed by atoms with Crippen molar-refractivity contribution in [2.75, 3.05) is 0 Å². The molecule has 0 aromatic heterocycles. The Balaban J connectivity index is 2.23. The number of rotatable bonds is 4. The fourth-order valence-electron chi connectivity index (χ4n) is 2.45. The van der Waals surface area contributed by atoms with Gasteiger partial charge in [-0.1, -0.05) is 19.3 Å². The van der Waals surface area contributed by atoms with Crippen LogP contribution in [0.5, 0.6) is 11.5 Å². The zero-order chi connectivity index (χ0) is 17.0. The maximum atomic E-state index is 12.4. The number of carbonyl (C=O) groups is 2. The molecule has 23 heavy (non-hydrogen) atoms. The topological polar surface area (TPSA) is 75.7 Å². The van der Waals surface area contributed by atoms with Crippen LogP contribution in [0.2, 0.25) is 0 Å². The average molecular weight is 331 g/mol. The van der Waals surface area contributed by atoms with E-state index in [1.807, 2.05) is 0 Å². The molecule has 1 aliphatic carbocycles. The van der Waals surface area contributed by atoms with Crippen LogP contribution in [-0.4, -0.2) is 18.3 Å². The number of benzene rings is 1. The third kappa shape index (κ3) is 4.87. The third-order valence-electron chi connectivity index (χ3n) is 3.55. The van der Waals surface area contributed by atoms with Crippen LogP contribution in [0.1, 0.15) is 42.5 Å². The van der Waals surface area contributed by atoms with Crippen LogP contribution < -0.4 is 14.6 Å². The summed E-state index contributed by atoms with van der Waals surface area (Å²) in [7, 11) is 0. The van der Waals surface area contributed by atoms with Crippen LogP contribution in [0.15, 0.2) is 18.2 Å². The van der Waals surface area contributed by atoms with E-state index < -0.39 is 41.3 Å². The molecule has 1 saturated carbocycles. The molecule has 126 valence electrons. The number of halogens is 3. The Morgan fingerprint density at radius 2 is 1.74 bits per heavy atom. The minimum Gasteiger partial charge on any atom is -0.545 e. The van der Waals surface area contributed by atoms with E-state index in [1.165, 1.54) is 0 Å². The summed E-state index contributed by atoms with van der Waals surface area (Å²) in [4.78, 5) is 22.9. The molecule has 1 fully saturated rings. The first-order valence-electron chi connectivity index (χ1n) is 7.09. The van der Waals surface area contributed by atoms with Crippen molar-refractivity contribution in [1.82, 2.24) is 0 Å². The molecule has 0 amide bonds. The predicted octanol–water partition coefficient (Wildman–Crippen LogP) is 2.43. The fourth-order valence-corrected chi connectivity index (χ4v) is 2.45. The van der Waals surface area contributed by atoms with Gasteiger partial charge >= 0.3 is 12.3 Å². The molecule has 0 radical (unpaired) electrons. The lowest BCUT2D eigenvalue weighted by molar-refractivity contribution is -0.275. The molecule has 1 aliphatic rings. The minimum absolute atomic E-state index is 0.408. The molecule has 0 N–H and O–H groups in total. The second kappa shape index (κ2) is 6.89. The van der Waals surface area contributed by atoms with Crippen molar-refractivity contribution < 1.29 is 37.3 Å². The van der Waals surface area contributed by atoms with E-state index in [0.717, 1.165) is 37.5 Å². The summed E-state index contributed by atoms with van der Waals surface area (Å²) < 4.78 is 45.9. The Hall–Kier alpha value is -2.25. The van der Waals surface area contributed by atoms with Crippen LogP contribution in [0.25, 0.3) is 0 Å². The van der Waals surface area contributed by atoms with Gasteiger partial charge in [-0.15, -0.1) is 13.2 Å². The molecule has 0 aliphatic heterocycles. The van der Waals surface area contributed by atoms with Gasteiger partial charge in [0.2, 0.25) is 0 Å². The molecule has 0 bridgehead atoms. The number of aromatic carboxylic acids is 1. The monoisotopic (exact) mass is 331 g/mol. The number of carboxylic acid groups (broad SMARTS) is 1. The number of ether oxygens (including phenoxy) is 2. The minimum atomic E-state index is -4.99. The van der Waals surface area contributed by atoms with Gasteiger partial charge in [-0.3, -0.25) is 4.79 Å². The van der Waals surface area contributed by atoms with Crippen LogP contribution in [0.3, 0.4) is 0 Å². The van der Waals surface area contributed by atoms with E-state index in [9.17, 15) is 27.9 Å². The van der Waals surface area contributed by atoms with Gasteiger partial charge in [0.15, 0.2) is 11.5 Å². The smallest absolute Gasteiger partial charge is 0.545 e. The number of carboxylic acids is 1. The molecule has 0 heterocycles. The molecular formula is C15H14F3O5-. The van der Waals surface area contributed by atoms with Gasteiger partial charge in [0.05, 0.1) is 11.9 Å². The number of carbonyl (C=O) groups excluding carboxylic acids is 2. The van der Waals surface area contributed by atoms with Gasteiger partial charge in [-0.2, -0.15) is 0 Å². The van der Waals surface area contributed by atoms with E-state index in [2.05, 4.69) is 4.74 Å². The first-order valence-corrected chi connectivity index (χ1v) is 7.09. The van der Waals surface area contributed by atoms with E-state index in [1.54, 1.807) is 0 Å². The number of hydrogen-bond acceptors (Lipinski definition) is 5. The van der Waals surface area contributed by atoms with Gasteiger partial charge in [-0.25, -0.2) is 0 Å². The van der Waals surface area contributed by atoms with Crippen molar-refractivity contribution in [2.24, 2.45) is 5.92 Å². The fraction of sp³-hybridized carbons (Fsp3) is 0.467. The molecule has 0 atom stereocenters. The normalized spacial score (nSPS) is 16.0. The molecule has 1 aromatic rings. The molecule has 2 rings (SSSR count). The molecule has 5 nitrogen and oxygen atoms in total. The van der Waals surface area contributed by atoms with Gasteiger partial charge < -0.3 is 19.4 Å². The van der Waals surface area contributed by atoms with E-state index in [-0.39, 0.29) is 0 Å². The van der Waals surface area contributed by atoms with Crippen LogP contribution in [0.4, 0.5) is 13.2 Å². The second-order valence-electron chi connectivity index (χ2n) is 5.25. The van der Waals surface area contributed by atoms with Crippen LogP contribution in [0, 0.1) is 5.92 Å². The molecule has 0 saturated heterocycles. The van der Waals surface area contributed by atoms with Gasteiger partial charge in [0, 0.05) is 5.56 Å². The van der Waals surface area contributed by atoms with Crippen LogP contribution in [-0.2, 0) is 4.79 Å². The summed E-state index contributed by atoms with van der Waals surface area (Å²) in [5, 5.41) is 10.8. The highest BCUT2D eigenvalue weighted by Gasteiger charge is 2.33. The zero-order valence-electron chi connectivity index (χ0n) is 12.0. The molecule has 1 aromatic carbocycles. The summed E-state index contributed by atoms with van der Waals surface area (Å²) in [6, 6.07) is 2.45. The summed E-state index contributed by atoms with van der Waals surface area (Å²) in [5.74, 6) is -4.05. The first-order chi connectivity index (χ1) is 10.8. The average Bonchev–Trinajstić information content (AvgIpc) is 2.48. The second-order valence-corrected chi connectivity index (χ2v) is 5.25. The molecule has 8 heteroatoms. The van der Waals surface area contributed by atoms with Crippen LogP contribution >= 0.6 is 0 Å². The van der Waals surface area contributed by atoms with Crippen molar-refractivity contribution in [3.63, 3.8) is 0 Å². The highest BCUT2D eigenvalue weighted by molar-refractivity contribution is 5.87. The van der Waals surface area contributed by atoms with E-state index in [4.69, 9.17) is 4.74 Å². The van der Waals surface area contributed by atoms with Crippen molar-refractivity contribution in [3.8, 4) is 11.5 Å². The maximum Gasteiger partial charge on any atom is 0.573 e. The Morgan fingerprint density at radius 1 is 1.09 bits per heavy atom. The Morgan fingerprint density at radius 3 is 2.30 bits per heavy atom. The quantitative estimate of drug-likeness (QED) is 0.626. The lowest BCUT2D eigenvalue weighted by Crippen LogP contribution is -2.25. The first kappa shape index (κ1) is 17.1. The van der Waals surface area contributed by atoms with Gasteiger partial charge in [0.1, 0.15) is 0 Å². The van der Waals surface area contributed by atoms with E-state index >= 15 is 0 Å². The number of esters is 1. The lowest BCUT2D eigenvalue weighted by atomic mass is 9.89. The molecule has 0 spiro atoms. The largest absolute Gasteiger partial charge is 0.573 e. The number of alkyl halides is 3. The summed E-state index contributed by atoms with van der Waals surface area (Å²) in [5.41, 5.74) is -0.411. The highest BCUT2D eigenvalue weighted by Crippen LogP contribution is 2.34. The van der Waals surface area contributed by atoms with Crippen molar-refractivity contribution in [3.05, 3.63) is 23.8 Å². The summed E-state index contributed by atoms with van der Waals surface area (Å²) in [6.45, 7) is 0. The van der Waals surface area contributed by atoms with Crippen molar-refractivity contribution in [2.45, 2.75) is 38.5 Å². The Labute approximate surface area is 130 Å². The lowest BCUT2D eigenvalue weighted by Gasteiger charge is -2.21. The molecule has 0 unspecified atom stereocenters. The third-order valence-corrected chi connectivity index (χ3v) is 3.55. The van der Waals surface area contributed by atoms with Gasteiger partial charge in [-0.05, 0) is 31.0 Å². The Kier molecular flexibility index (Phi) is 5.12. The van der Waals surface area contributed by atoms with Crippen molar-refractivity contribution in [1.29, 1.82) is 0 Å². The summed E-state index contributed by atoms with van der Waals surface area (Å²) >= 11 is 0. The zero-order valence-corrected chi connectivity index (χ0v) is 12.0. The summed E-state index contributed by atoms with van der Waals surface area (Å²) in [6.07, 6.45) is -1.14. The number of hydrogen-bond donors (Lipinski definition) is 0. The maximum absolute atomic E-state index is 12.4. The molecular weight excluding hydrogens is 317 g/mol. The highest BCUT2D eigenvalue weighted by atomic mass is 19.4. The standard InChI is InChI=1S/C15H15F3O5/c16-15(17,18)23-11-7-6-10(13(19)20)8-12(11)22-14(21)9-4-2-1-3-5-9/h6-9H,1-5H2,(H,19,20)/p-1. The van der Waals surface area contributed by atoms with Crippen molar-refractivity contribution >= 4 is 11.9 Å². The van der Waals surface area contributed by atoms with E-state index in [0.29, 0.717) is 12.8 Å². The predicted molar refractivity (Wildman–Crippen MR) is 69.7 cm³/mol. The SMILES string of the molecule is O=C([O-])c1ccc(OC(F)(F)F)c(OC(=O)C2CCCCC2)c1.